The van der Waals surface area contributed by atoms with E-state index in [1.54, 1.807) is 54.7 Å². The van der Waals surface area contributed by atoms with Gasteiger partial charge in [0.25, 0.3) is 0 Å². The number of benzene rings is 4. The van der Waals surface area contributed by atoms with Crippen molar-refractivity contribution in [3.05, 3.63) is 132 Å². The van der Waals surface area contributed by atoms with Crippen LogP contribution in [0.15, 0.2) is 109 Å². The highest BCUT2D eigenvalue weighted by atomic mass is 16.4. The highest BCUT2D eigenvalue weighted by molar-refractivity contribution is 5.94. The molecule has 12 heteroatoms. The van der Waals surface area contributed by atoms with Crippen LogP contribution in [0, 0.1) is 0 Å². The van der Waals surface area contributed by atoms with Crippen LogP contribution in [0.1, 0.15) is 22.3 Å². The van der Waals surface area contributed by atoms with E-state index < -0.39 is 47.9 Å². The first-order valence-corrected chi connectivity index (χ1v) is 16.1. The summed E-state index contributed by atoms with van der Waals surface area (Å²) in [6.45, 7) is 0. The van der Waals surface area contributed by atoms with Gasteiger partial charge in [0.05, 0.1) is 6.04 Å². The third-order valence-electron chi connectivity index (χ3n) is 8.37. The van der Waals surface area contributed by atoms with E-state index in [9.17, 15) is 34.5 Å². The molecule has 0 aliphatic rings. The molecule has 0 fully saturated rings. The van der Waals surface area contributed by atoms with Crippen LogP contribution in [0.4, 0.5) is 0 Å². The largest absolute Gasteiger partial charge is 0.508 e. The van der Waals surface area contributed by atoms with Crippen molar-refractivity contribution in [2.45, 2.75) is 49.9 Å². The lowest BCUT2D eigenvalue weighted by Crippen LogP contribution is -2.58. The topological polar surface area (TPSA) is 207 Å². The smallest absolute Gasteiger partial charge is 0.326 e. The number of carboxylic acid groups (broad SMARTS) is 1. The van der Waals surface area contributed by atoms with Gasteiger partial charge < -0.3 is 42.0 Å². The monoisotopic (exact) mass is 677 g/mol. The van der Waals surface area contributed by atoms with E-state index >= 15 is 0 Å². The molecule has 1 heterocycles. The second-order valence-electron chi connectivity index (χ2n) is 12.1. The van der Waals surface area contributed by atoms with Crippen molar-refractivity contribution < 1.29 is 34.5 Å². The number of aromatic amines is 1. The Balaban J connectivity index is 1.36. The number of rotatable bonds is 15. The Bertz CT molecular complexity index is 1930. The average Bonchev–Trinajstić information content (AvgIpc) is 3.52. The molecule has 0 saturated carbocycles. The Morgan fingerprint density at radius 3 is 1.64 bits per heavy atom. The molecule has 4 atom stereocenters. The highest BCUT2D eigenvalue weighted by Gasteiger charge is 2.31. The molecule has 50 heavy (non-hydrogen) atoms. The Hall–Kier alpha value is -6.14. The number of fused-ring (bicyclic) bond motifs is 1. The Kier molecular flexibility index (Phi) is 11.5. The zero-order valence-corrected chi connectivity index (χ0v) is 27.1. The van der Waals surface area contributed by atoms with Gasteiger partial charge in [0.2, 0.25) is 17.7 Å². The van der Waals surface area contributed by atoms with E-state index in [-0.39, 0.29) is 37.2 Å². The van der Waals surface area contributed by atoms with Gasteiger partial charge >= 0.3 is 5.97 Å². The number of aromatic nitrogens is 1. The third-order valence-corrected chi connectivity index (χ3v) is 8.37. The Morgan fingerprint density at radius 1 is 0.580 bits per heavy atom. The molecule has 0 aliphatic heterocycles. The summed E-state index contributed by atoms with van der Waals surface area (Å²) < 4.78 is 0. The summed E-state index contributed by atoms with van der Waals surface area (Å²) >= 11 is 0. The molecule has 0 aliphatic carbocycles. The van der Waals surface area contributed by atoms with Crippen LogP contribution in [0.2, 0.25) is 0 Å². The van der Waals surface area contributed by atoms with Crippen molar-refractivity contribution in [1.29, 1.82) is 0 Å². The second kappa shape index (κ2) is 16.3. The van der Waals surface area contributed by atoms with Crippen molar-refractivity contribution in [1.82, 2.24) is 20.9 Å². The lowest BCUT2D eigenvalue weighted by atomic mass is 10.0. The average molecular weight is 678 g/mol. The number of para-hydroxylation sites is 1. The first kappa shape index (κ1) is 35.2. The second-order valence-corrected chi connectivity index (χ2v) is 12.1. The van der Waals surface area contributed by atoms with Gasteiger partial charge in [-0.3, -0.25) is 14.4 Å². The summed E-state index contributed by atoms with van der Waals surface area (Å²) in [7, 11) is 0. The fraction of sp³-hybridized carbons (Fsp3) is 0.211. The van der Waals surface area contributed by atoms with Gasteiger partial charge in [-0.05, 0) is 59.0 Å². The third kappa shape index (κ3) is 9.48. The van der Waals surface area contributed by atoms with Gasteiger partial charge in [-0.1, -0.05) is 72.8 Å². The van der Waals surface area contributed by atoms with E-state index in [1.807, 2.05) is 30.3 Å². The van der Waals surface area contributed by atoms with Crippen LogP contribution < -0.4 is 21.7 Å². The summed E-state index contributed by atoms with van der Waals surface area (Å²) in [6, 6.07) is 24.0. The molecule has 0 spiro atoms. The number of nitrogens with one attached hydrogen (secondary N) is 4. The molecule has 0 bridgehead atoms. The van der Waals surface area contributed by atoms with Crippen LogP contribution in [0.5, 0.6) is 11.5 Å². The molecule has 4 aromatic carbocycles. The number of hydrogen-bond donors (Lipinski definition) is 8. The molecule has 4 unspecified atom stereocenters. The molecule has 1 aromatic heterocycles. The van der Waals surface area contributed by atoms with Gasteiger partial charge in [-0.2, -0.15) is 0 Å². The minimum atomic E-state index is -1.32. The van der Waals surface area contributed by atoms with Crippen LogP contribution in [0.3, 0.4) is 0 Å². The summed E-state index contributed by atoms with van der Waals surface area (Å²) in [4.78, 5) is 56.5. The number of H-pyrrole nitrogens is 1. The zero-order valence-electron chi connectivity index (χ0n) is 27.1. The van der Waals surface area contributed by atoms with Crippen LogP contribution >= 0.6 is 0 Å². The zero-order chi connectivity index (χ0) is 35.6. The van der Waals surface area contributed by atoms with Crippen molar-refractivity contribution in [2.24, 2.45) is 5.73 Å². The van der Waals surface area contributed by atoms with E-state index in [4.69, 9.17) is 5.73 Å². The van der Waals surface area contributed by atoms with Crippen LogP contribution in [-0.4, -0.2) is 68.2 Å². The van der Waals surface area contributed by atoms with E-state index in [1.165, 1.54) is 24.3 Å². The lowest BCUT2D eigenvalue weighted by Gasteiger charge is -2.25. The molecular formula is C38H39N5O7. The molecule has 5 aromatic rings. The number of carboxylic acids is 1. The fourth-order valence-electron chi connectivity index (χ4n) is 5.66. The van der Waals surface area contributed by atoms with Gasteiger partial charge in [0, 0.05) is 36.4 Å². The van der Waals surface area contributed by atoms with Crippen LogP contribution in [-0.2, 0) is 44.9 Å². The number of aliphatic carboxylic acids is 1. The van der Waals surface area contributed by atoms with Gasteiger partial charge in [-0.15, -0.1) is 0 Å². The summed E-state index contributed by atoms with van der Waals surface area (Å²) in [5.41, 5.74) is 9.78. The summed E-state index contributed by atoms with van der Waals surface area (Å²) in [5.74, 6) is -3.19. The van der Waals surface area contributed by atoms with Gasteiger partial charge in [0.1, 0.15) is 29.6 Å². The quantitative estimate of drug-likeness (QED) is 0.0825. The highest BCUT2D eigenvalue weighted by Crippen LogP contribution is 2.20. The number of phenolic OH excluding ortho intramolecular Hbond substituents is 2. The molecule has 5 rings (SSSR count). The number of hydrogen-bond acceptors (Lipinski definition) is 7. The van der Waals surface area contributed by atoms with Crippen molar-refractivity contribution >= 4 is 34.6 Å². The maximum Gasteiger partial charge on any atom is 0.326 e. The fourth-order valence-corrected chi connectivity index (χ4v) is 5.66. The number of carbonyl (C=O) groups is 4. The Morgan fingerprint density at radius 2 is 1.06 bits per heavy atom. The molecule has 12 nitrogen and oxygen atoms in total. The molecule has 258 valence electrons. The lowest BCUT2D eigenvalue weighted by molar-refractivity contribution is -0.142. The molecular weight excluding hydrogens is 638 g/mol. The number of nitrogens with two attached hydrogens (primary N) is 1. The SMILES string of the molecule is NC(Cc1ccc(O)cc1)C(=O)NC(Cc1ccccc1)C(=O)NC(Cc1ccc(O)cc1)C(=O)NC(Cc1c[nH]c2ccccc12)C(=O)O. The minimum Gasteiger partial charge on any atom is -0.508 e. The molecule has 9 N–H and O–H groups in total. The minimum absolute atomic E-state index is 0.0118. The normalized spacial score (nSPS) is 13.5. The number of carbonyl (C=O) groups excluding carboxylic acids is 3. The molecule has 0 saturated heterocycles. The summed E-state index contributed by atoms with van der Waals surface area (Å²) in [6.07, 6.45) is 1.87. The predicted molar refractivity (Wildman–Crippen MR) is 187 cm³/mol. The van der Waals surface area contributed by atoms with E-state index in [0.717, 1.165) is 16.5 Å². The van der Waals surface area contributed by atoms with E-state index in [0.29, 0.717) is 16.7 Å². The van der Waals surface area contributed by atoms with Crippen molar-refractivity contribution in [2.75, 3.05) is 0 Å². The van der Waals surface area contributed by atoms with Crippen molar-refractivity contribution in [3.8, 4) is 11.5 Å². The standard InChI is InChI=1S/C38H39N5O7/c39-30(18-24-10-14-27(44)15-11-24)35(46)41-32(19-23-6-2-1-3-7-23)36(47)42-33(20-25-12-16-28(45)17-13-25)37(48)43-34(38(49)50)21-26-22-40-31-9-5-4-8-29(26)31/h1-17,22,30,32-34,40,44-45H,18-21,39H2,(H,41,46)(H,42,47)(H,43,48)(H,49,50). The molecule has 3 amide bonds. The first-order valence-electron chi connectivity index (χ1n) is 16.1. The predicted octanol–water partition coefficient (Wildman–Crippen LogP) is 2.72. The maximum atomic E-state index is 13.9. The van der Waals surface area contributed by atoms with Gasteiger partial charge in [-0.25, -0.2) is 4.79 Å². The number of amides is 3. The number of aromatic hydroxyl groups is 2. The van der Waals surface area contributed by atoms with E-state index in [2.05, 4.69) is 20.9 Å². The van der Waals surface area contributed by atoms with Crippen molar-refractivity contribution in [3.63, 3.8) is 0 Å². The van der Waals surface area contributed by atoms with Crippen LogP contribution in [0.25, 0.3) is 10.9 Å². The maximum absolute atomic E-state index is 13.9. The first-order chi connectivity index (χ1) is 24.0. The van der Waals surface area contributed by atoms with Gasteiger partial charge in [0.15, 0.2) is 0 Å². The molecule has 0 radical (unpaired) electrons. The summed E-state index contributed by atoms with van der Waals surface area (Å²) in [5, 5.41) is 38.3. The Labute approximate surface area is 288 Å². The number of phenols is 2.